The SMILES string of the molecule is CSCC[C@H](NC(=O)c1ccc(N2CCOCC2=O)c(C)c1)c1nc2cc(Cl)ccc2[nH]1. The normalized spacial score (nSPS) is 15.2. The average molecular weight is 473 g/mol. The summed E-state index contributed by atoms with van der Waals surface area (Å²) in [4.78, 5) is 34.9. The lowest BCUT2D eigenvalue weighted by Gasteiger charge is -2.28. The monoisotopic (exact) mass is 472 g/mol. The smallest absolute Gasteiger partial charge is 0.253 e. The van der Waals surface area contributed by atoms with Crippen LogP contribution in [0.2, 0.25) is 5.02 Å². The number of aromatic amines is 1. The lowest BCUT2D eigenvalue weighted by atomic mass is 10.1. The lowest BCUT2D eigenvalue weighted by molar-refractivity contribution is -0.125. The maximum Gasteiger partial charge on any atom is 0.253 e. The van der Waals surface area contributed by atoms with E-state index in [4.69, 9.17) is 16.3 Å². The van der Waals surface area contributed by atoms with Gasteiger partial charge < -0.3 is 19.9 Å². The standard InChI is InChI=1S/C23H25ClN4O3S/c1-14-11-15(3-6-20(14)28-8-9-31-13-21(28)29)23(30)27-18(7-10-32-2)22-25-17-5-4-16(24)12-19(17)26-22/h3-6,11-12,18H,7-10,13H2,1-2H3,(H,25,26)(H,27,30)/t18-/m0/s1. The number of halogens is 1. The molecular formula is C23H25ClN4O3S. The third-order valence-electron chi connectivity index (χ3n) is 5.45. The number of carbonyl (C=O) groups excluding carboxylic acids is 2. The van der Waals surface area contributed by atoms with Gasteiger partial charge in [-0.1, -0.05) is 11.6 Å². The molecule has 0 unspecified atom stereocenters. The summed E-state index contributed by atoms with van der Waals surface area (Å²) in [5.41, 5.74) is 3.87. The number of amides is 2. The fourth-order valence-electron chi connectivity index (χ4n) is 3.79. The molecule has 1 atom stereocenters. The van der Waals surface area contributed by atoms with Crippen LogP contribution in [0.3, 0.4) is 0 Å². The summed E-state index contributed by atoms with van der Waals surface area (Å²) in [7, 11) is 0. The minimum atomic E-state index is -0.262. The van der Waals surface area contributed by atoms with Crippen LogP contribution in [-0.4, -0.2) is 53.5 Å². The van der Waals surface area contributed by atoms with Crippen LogP contribution in [0, 0.1) is 6.92 Å². The first-order valence-corrected chi connectivity index (χ1v) is 12.2. The topological polar surface area (TPSA) is 87.3 Å². The van der Waals surface area contributed by atoms with Crippen LogP contribution < -0.4 is 10.2 Å². The van der Waals surface area contributed by atoms with Crippen molar-refractivity contribution in [3.8, 4) is 0 Å². The molecule has 0 spiro atoms. The molecule has 0 radical (unpaired) electrons. The number of carbonyl (C=O) groups is 2. The Labute approximate surface area is 195 Å². The summed E-state index contributed by atoms with van der Waals surface area (Å²) in [6.45, 7) is 3.01. The highest BCUT2D eigenvalue weighted by Gasteiger charge is 2.23. The Balaban J connectivity index is 1.55. The highest BCUT2D eigenvalue weighted by atomic mass is 35.5. The zero-order valence-electron chi connectivity index (χ0n) is 18.0. The summed E-state index contributed by atoms with van der Waals surface area (Å²) >= 11 is 7.81. The number of imidazole rings is 1. The second-order valence-corrected chi connectivity index (χ2v) is 9.11. The number of nitrogens with zero attached hydrogens (tertiary/aromatic N) is 2. The van der Waals surface area contributed by atoms with Crippen LogP contribution in [0.25, 0.3) is 11.0 Å². The number of nitrogens with one attached hydrogen (secondary N) is 2. The Bertz CT molecular complexity index is 1150. The third-order valence-corrected chi connectivity index (χ3v) is 6.32. The number of hydrogen-bond acceptors (Lipinski definition) is 5. The maximum absolute atomic E-state index is 13.1. The van der Waals surface area contributed by atoms with Gasteiger partial charge in [-0.25, -0.2) is 4.98 Å². The highest BCUT2D eigenvalue weighted by molar-refractivity contribution is 7.98. The highest BCUT2D eigenvalue weighted by Crippen LogP contribution is 2.25. The van der Waals surface area contributed by atoms with Crippen molar-refractivity contribution in [1.29, 1.82) is 0 Å². The first-order chi connectivity index (χ1) is 15.5. The van der Waals surface area contributed by atoms with Crippen molar-refractivity contribution in [2.75, 3.05) is 36.7 Å². The van der Waals surface area contributed by atoms with Gasteiger partial charge in [0, 0.05) is 22.8 Å². The van der Waals surface area contributed by atoms with Crippen molar-refractivity contribution in [3.05, 3.63) is 58.4 Å². The van der Waals surface area contributed by atoms with E-state index in [0.29, 0.717) is 29.6 Å². The van der Waals surface area contributed by atoms with E-state index in [1.807, 2.05) is 37.4 Å². The quantitative estimate of drug-likeness (QED) is 0.540. The van der Waals surface area contributed by atoms with Gasteiger partial charge in [-0.15, -0.1) is 0 Å². The van der Waals surface area contributed by atoms with Crippen LogP contribution >= 0.6 is 23.4 Å². The summed E-state index contributed by atoms with van der Waals surface area (Å²) in [5.74, 6) is 1.33. The zero-order valence-corrected chi connectivity index (χ0v) is 19.6. The molecular weight excluding hydrogens is 448 g/mol. The minimum absolute atomic E-state index is 0.0707. The van der Waals surface area contributed by atoms with Gasteiger partial charge in [0.1, 0.15) is 12.4 Å². The molecule has 1 aromatic heterocycles. The molecule has 0 aliphatic carbocycles. The number of fused-ring (bicyclic) bond motifs is 1. The molecule has 168 valence electrons. The van der Waals surface area contributed by atoms with Crippen LogP contribution in [0.4, 0.5) is 5.69 Å². The Kier molecular flexibility index (Phi) is 7.03. The predicted octanol–water partition coefficient (Wildman–Crippen LogP) is 4.11. The van der Waals surface area contributed by atoms with E-state index in [1.54, 1.807) is 28.8 Å². The van der Waals surface area contributed by atoms with Crippen molar-refractivity contribution in [2.45, 2.75) is 19.4 Å². The molecule has 0 bridgehead atoms. The lowest BCUT2D eigenvalue weighted by Crippen LogP contribution is -2.42. The fraction of sp³-hybridized carbons (Fsp3) is 0.348. The van der Waals surface area contributed by atoms with E-state index in [0.717, 1.165) is 34.5 Å². The number of H-pyrrole nitrogens is 1. The van der Waals surface area contributed by atoms with Gasteiger partial charge >= 0.3 is 0 Å². The van der Waals surface area contributed by atoms with Crippen LogP contribution in [-0.2, 0) is 9.53 Å². The van der Waals surface area contributed by atoms with E-state index in [1.165, 1.54) is 0 Å². The summed E-state index contributed by atoms with van der Waals surface area (Å²) < 4.78 is 5.21. The minimum Gasteiger partial charge on any atom is -0.370 e. The molecule has 4 rings (SSSR count). The number of benzene rings is 2. The Morgan fingerprint density at radius 3 is 2.94 bits per heavy atom. The molecule has 2 amide bonds. The van der Waals surface area contributed by atoms with Gasteiger partial charge in [0.2, 0.25) is 0 Å². The number of aryl methyl sites for hydroxylation is 1. The molecule has 1 aliphatic rings. The van der Waals surface area contributed by atoms with Crippen molar-refractivity contribution >= 4 is 51.9 Å². The second kappa shape index (κ2) is 9.94. The number of morpholine rings is 1. The van der Waals surface area contributed by atoms with Crippen molar-refractivity contribution < 1.29 is 14.3 Å². The van der Waals surface area contributed by atoms with Crippen LogP contribution in [0.1, 0.15) is 34.2 Å². The van der Waals surface area contributed by atoms with E-state index >= 15 is 0 Å². The van der Waals surface area contributed by atoms with Gasteiger partial charge in [0.25, 0.3) is 11.8 Å². The maximum atomic E-state index is 13.1. The molecule has 9 heteroatoms. The zero-order chi connectivity index (χ0) is 22.7. The number of thioether (sulfide) groups is 1. The van der Waals surface area contributed by atoms with E-state index in [-0.39, 0.29) is 24.5 Å². The molecule has 1 saturated heterocycles. The second-order valence-electron chi connectivity index (χ2n) is 7.69. The molecule has 1 fully saturated rings. The van der Waals surface area contributed by atoms with E-state index in [9.17, 15) is 9.59 Å². The van der Waals surface area contributed by atoms with Crippen LogP contribution in [0.5, 0.6) is 0 Å². The summed E-state index contributed by atoms with van der Waals surface area (Å²) in [5, 5.41) is 3.74. The predicted molar refractivity (Wildman–Crippen MR) is 129 cm³/mol. The molecule has 7 nitrogen and oxygen atoms in total. The van der Waals surface area contributed by atoms with Gasteiger partial charge in [-0.05, 0) is 67.3 Å². The number of rotatable bonds is 7. The number of anilines is 1. The number of aromatic nitrogens is 2. The van der Waals surface area contributed by atoms with Crippen LogP contribution in [0.15, 0.2) is 36.4 Å². The van der Waals surface area contributed by atoms with Gasteiger partial charge in [-0.2, -0.15) is 11.8 Å². The first-order valence-electron chi connectivity index (χ1n) is 10.4. The van der Waals surface area contributed by atoms with E-state index in [2.05, 4.69) is 15.3 Å². The van der Waals surface area contributed by atoms with Gasteiger partial charge in [0.15, 0.2) is 0 Å². The first kappa shape index (κ1) is 22.6. The summed E-state index contributed by atoms with van der Waals surface area (Å²) in [6, 6.07) is 10.6. The number of hydrogen-bond donors (Lipinski definition) is 2. The summed E-state index contributed by atoms with van der Waals surface area (Å²) in [6.07, 6.45) is 2.77. The Hall–Kier alpha value is -2.55. The Morgan fingerprint density at radius 1 is 1.34 bits per heavy atom. The van der Waals surface area contributed by atoms with Crippen molar-refractivity contribution in [3.63, 3.8) is 0 Å². The molecule has 2 aromatic carbocycles. The molecule has 1 aliphatic heterocycles. The third kappa shape index (κ3) is 4.92. The molecule has 32 heavy (non-hydrogen) atoms. The molecule has 0 saturated carbocycles. The molecule has 3 aromatic rings. The Morgan fingerprint density at radius 2 is 2.19 bits per heavy atom. The number of ether oxygens (including phenoxy) is 1. The molecule has 2 heterocycles. The molecule has 2 N–H and O–H groups in total. The van der Waals surface area contributed by atoms with E-state index < -0.39 is 0 Å². The van der Waals surface area contributed by atoms with Crippen molar-refractivity contribution in [2.24, 2.45) is 0 Å². The van der Waals surface area contributed by atoms with Gasteiger partial charge in [0.05, 0.1) is 23.7 Å². The average Bonchev–Trinajstić information content (AvgIpc) is 3.20. The van der Waals surface area contributed by atoms with Crippen molar-refractivity contribution in [1.82, 2.24) is 15.3 Å². The largest absolute Gasteiger partial charge is 0.370 e. The van der Waals surface area contributed by atoms with Gasteiger partial charge in [-0.3, -0.25) is 9.59 Å². The fourth-order valence-corrected chi connectivity index (χ4v) is 4.43.